The minimum atomic E-state index is 0.149. The van der Waals surface area contributed by atoms with Gasteiger partial charge in [0.15, 0.2) is 0 Å². The van der Waals surface area contributed by atoms with E-state index in [1.807, 2.05) is 24.3 Å². The molecule has 2 aromatic rings. The second-order valence-electron chi connectivity index (χ2n) is 11.1. The molecule has 0 fully saturated rings. The maximum Gasteiger partial charge on any atom is 0.122 e. The Labute approximate surface area is 235 Å². The summed E-state index contributed by atoms with van der Waals surface area (Å²) >= 11 is 0. The monoisotopic (exact) mass is 521 g/mol. The summed E-state index contributed by atoms with van der Waals surface area (Å²) in [7, 11) is 0. The first-order chi connectivity index (χ1) is 19.0. The first kappa shape index (κ1) is 28.5. The van der Waals surface area contributed by atoms with Crippen molar-refractivity contribution in [3.05, 3.63) is 125 Å². The molecule has 3 heteroatoms. The van der Waals surface area contributed by atoms with E-state index in [0.29, 0.717) is 12.6 Å². The molecular formula is C36H43NO2. The Morgan fingerprint density at radius 2 is 1.69 bits per heavy atom. The molecule has 0 aromatic heterocycles. The summed E-state index contributed by atoms with van der Waals surface area (Å²) in [6.07, 6.45) is 23.9. The average Bonchev–Trinajstić information content (AvgIpc) is 3.34. The van der Waals surface area contributed by atoms with Crippen LogP contribution in [-0.2, 0) is 12.8 Å². The van der Waals surface area contributed by atoms with Crippen molar-refractivity contribution in [1.29, 1.82) is 0 Å². The van der Waals surface area contributed by atoms with Crippen molar-refractivity contribution in [2.75, 3.05) is 19.8 Å². The van der Waals surface area contributed by atoms with Crippen LogP contribution in [0.25, 0.3) is 0 Å². The number of ether oxygens (including phenoxy) is 2. The summed E-state index contributed by atoms with van der Waals surface area (Å²) in [6.45, 7) is 8.97. The molecule has 0 aliphatic heterocycles. The summed E-state index contributed by atoms with van der Waals surface area (Å²) in [6, 6.07) is 15.6. The molecule has 0 spiro atoms. The fourth-order valence-electron chi connectivity index (χ4n) is 4.73. The van der Waals surface area contributed by atoms with Crippen LogP contribution in [0.3, 0.4) is 0 Å². The number of allylic oxidation sites excluding steroid dienone is 7. The lowest BCUT2D eigenvalue weighted by Crippen LogP contribution is -2.28. The van der Waals surface area contributed by atoms with Crippen LogP contribution in [0.15, 0.2) is 108 Å². The molecule has 0 bridgehead atoms. The lowest BCUT2D eigenvalue weighted by molar-refractivity contribution is 0.166. The molecule has 1 N–H and O–H groups in total. The third-order valence-electron chi connectivity index (χ3n) is 7.43. The van der Waals surface area contributed by atoms with Gasteiger partial charge in [0.1, 0.15) is 18.1 Å². The Kier molecular flexibility index (Phi) is 10.7. The molecule has 0 radical (unpaired) electrons. The van der Waals surface area contributed by atoms with Crippen LogP contribution < -0.4 is 14.8 Å². The van der Waals surface area contributed by atoms with Gasteiger partial charge in [-0.05, 0) is 111 Å². The van der Waals surface area contributed by atoms with Crippen LogP contribution in [-0.4, -0.2) is 25.8 Å². The molecule has 2 aliphatic rings. The van der Waals surface area contributed by atoms with Gasteiger partial charge in [-0.1, -0.05) is 67.6 Å². The first-order valence-electron chi connectivity index (χ1n) is 14.3. The third-order valence-corrected chi connectivity index (χ3v) is 7.43. The molecular weight excluding hydrogens is 478 g/mol. The maximum atomic E-state index is 6.34. The van der Waals surface area contributed by atoms with Gasteiger partial charge in [-0.15, -0.1) is 5.73 Å². The van der Waals surface area contributed by atoms with Gasteiger partial charge in [0.2, 0.25) is 0 Å². The smallest absolute Gasteiger partial charge is 0.122 e. The minimum Gasteiger partial charge on any atom is -0.493 e. The molecule has 39 heavy (non-hydrogen) atoms. The average molecular weight is 522 g/mol. The van der Waals surface area contributed by atoms with E-state index in [9.17, 15) is 0 Å². The second-order valence-corrected chi connectivity index (χ2v) is 11.1. The summed E-state index contributed by atoms with van der Waals surface area (Å²) in [5.41, 5.74) is 8.21. The lowest BCUT2D eigenvalue weighted by Gasteiger charge is -2.27. The quantitative estimate of drug-likeness (QED) is 0.271. The molecule has 4 rings (SSSR count). The SMILES string of the molecule is Cc1ccc(CCNC(C)CCc2ccc(OCC3=CC=C=CC=C3)cc2)cc1OCC1(C)CC=CC=CC1. The summed E-state index contributed by atoms with van der Waals surface area (Å²) in [4.78, 5) is 0. The molecule has 0 heterocycles. The minimum absolute atomic E-state index is 0.149. The zero-order chi connectivity index (χ0) is 27.3. The topological polar surface area (TPSA) is 30.5 Å². The van der Waals surface area contributed by atoms with Crippen molar-refractivity contribution in [3.63, 3.8) is 0 Å². The van der Waals surface area contributed by atoms with Crippen molar-refractivity contribution in [2.24, 2.45) is 5.41 Å². The number of nitrogens with one attached hydrogen (secondary N) is 1. The van der Waals surface area contributed by atoms with E-state index in [-0.39, 0.29) is 5.41 Å². The van der Waals surface area contributed by atoms with Gasteiger partial charge in [-0.25, -0.2) is 0 Å². The standard InChI is InChI=1S/C36H43NO2/c1-29-14-16-32(26-35(29)39-28-36(3)23-10-6-7-11-24-36)22-25-37-30(2)15-17-31-18-20-34(21-19-31)38-27-33-12-8-4-5-9-13-33/h4,6-14,16,18-21,26,30,37H,15,17,22-25,27-28H2,1-3H3. The van der Waals surface area contributed by atoms with Crippen LogP contribution in [0.4, 0.5) is 0 Å². The van der Waals surface area contributed by atoms with E-state index in [1.54, 1.807) is 0 Å². The van der Waals surface area contributed by atoms with Gasteiger partial charge < -0.3 is 14.8 Å². The molecule has 3 nitrogen and oxygen atoms in total. The number of hydrogen-bond donors (Lipinski definition) is 1. The number of aryl methyl sites for hydroxylation is 2. The van der Waals surface area contributed by atoms with Crippen LogP contribution in [0.5, 0.6) is 11.5 Å². The van der Waals surface area contributed by atoms with Gasteiger partial charge in [-0.2, -0.15) is 0 Å². The van der Waals surface area contributed by atoms with Crippen molar-refractivity contribution in [3.8, 4) is 11.5 Å². The molecule has 1 atom stereocenters. The van der Waals surface area contributed by atoms with Crippen molar-refractivity contribution < 1.29 is 9.47 Å². The van der Waals surface area contributed by atoms with Gasteiger partial charge in [-0.3, -0.25) is 0 Å². The summed E-state index contributed by atoms with van der Waals surface area (Å²) in [5, 5.41) is 3.70. The molecule has 0 saturated carbocycles. The van der Waals surface area contributed by atoms with Crippen LogP contribution in [0.1, 0.15) is 49.8 Å². The molecule has 2 aliphatic carbocycles. The van der Waals surface area contributed by atoms with E-state index >= 15 is 0 Å². The first-order valence-corrected chi connectivity index (χ1v) is 14.3. The zero-order valence-corrected chi connectivity index (χ0v) is 23.8. The molecule has 0 saturated heterocycles. The third kappa shape index (κ3) is 9.62. The highest BCUT2D eigenvalue weighted by Crippen LogP contribution is 2.31. The van der Waals surface area contributed by atoms with E-state index in [1.165, 1.54) is 16.7 Å². The Balaban J connectivity index is 1.16. The number of hydrogen-bond acceptors (Lipinski definition) is 3. The van der Waals surface area contributed by atoms with E-state index in [4.69, 9.17) is 9.47 Å². The van der Waals surface area contributed by atoms with Gasteiger partial charge >= 0.3 is 0 Å². The second kappa shape index (κ2) is 14.6. The van der Waals surface area contributed by atoms with Crippen LogP contribution in [0, 0.1) is 12.3 Å². The highest BCUT2D eigenvalue weighted by Gasteiger charge is 2.23. The Hall–Kier alpha value is -3.52. The van der Waals surface area contributed by atoms with Crippen molar-refractivity contribution >= 4 is 0 Å². The van der Waals surface area contributed by atoms with Crippen molar-refractivity contribution in [2.45, 2.75) is 58.9 Å². The maximum absolute atomic E-state index is 6.34. The van der Waals surface area contributed by atoms with Crippen molar-refractivity contribution in [1.82, 2.24) is 5.32 Å². The predicted molar refractivity (Wildman–Crippen MR) is 164 cm³/mol. The number of rotatable bonds is 13. The normalized spacial score (nSPS) is 16.4. The Morgan fingerprint density at radius 3 is 2.49 bits per heavy atom. The van der Waals surface area contributed by atoms with Crippen LogP contribution in [0.2, 0.25) is 0 Å². The highest BCUT2D eigenvalue weighted by atomic mass is 16.5. The van der Waals surface area contributed by atoms with E-state index in [2.05, 4.69) is 105 Å². The highest BCUT2D eigenvalue weighted by molar-refractivity contribution is 5.37. The zero-order valence-electron chi connectivity index (χ0n) is 23.8. The molecule has 204 valence electrons. The Bertz CT molecular complexity index is 1240. The van der Waals surface area contributed by atoms with Gasteiger partial charge in [0.25, 0.3) is 0 Å². The van der Waals surface area contributed by atoms with Gasteiger partial charge in [0.05, 0.1) is 6.61 Å². The van der Waals surface area contributed by atoms with Gasteiger partial charge in [0, 0.05) is 11.5 Å². The molecule has 0 amide bonds. The predicted octanol–water partition coefficient (Wildman–Crippen LogP) is 8.03. The molecule has 1 unspecified atom stereocenters. The fourth-order valence-corrected chi connectivity index (χ4v) is 4.73. The lowest BCUT2D eigenvalue weighted by atomic mass is 9.85. The summed E-state index contributed by atoms with van der Waals surface area (Å²) < 4.78 is 12.3. The number of benzene rings is 2. The Morgan fingerprint density at radius 1 is 0.923 bits per heavy atom. The largest absolute Gasteiger partial charge is 0.493 e. The molecule has 2 aromatic carbocycles. The van der Waals surface area contributed by atoms with Crippen LogP contribution >= 0.6 is 0 Å². The fraction of sp³-hybridized carbons (Fsp3) is 0.361. The summed E-state index contributed by atoms with van der Waals surface area (Å²) in [5.74, 6) is 1.92. The van der Waals surface area contributed by atoms with E-state index < -0.39 is 0 Å². The van der Waals surface area contributed by atoms with E-state index in [0.717, 1.165) is 62.3 Å².